The summed E-state index contributed by atoms with van der Waals surface area (Å²) in [7, 11) is 0. The van der Waals surface area contributed by atoms with Gasteiger partial charge in [0, 0.05) is 0 Å². The van der Waals surface area contributed by atoms with Gasteiger partial charge < -0.3 is 9.84 Å². The Balaban J connectivity index is 2.36. The van der Waals surface area contributed by atoms with E-state index in [9.17, 15) is 9.90 Å². The van der Waals surface area contributed by atoms with Crippen LogP contribution in [0.15, 0.2) is 24.3 Å². The van der Waals surface area contributed by atoms with Crippen LogP contribution >= 0.6 is 0 Å². The quantitative estimate of drug-likeness (QED) is 0.772. The second kappa shape index (κ2) is 7.07. The first-order chi connectivity index (χ1) is 8.13. The predicted molar refractivity (Wildman–Crippen MR) is 67.0 cm³/mol. The lowest BCUT2D eigenvalue weighted by molar-refractivity contribution is 0.0234. The first kappa shape index (κ1) is 13.7. The number of carbonyl (C=O) groups excluding carboxylic acids is 1. The molecule has 0 aromatic heterocycles. The van der Waals surface area contributed by atoms with E-state index >= 15 is 0 Å². The summed E-state index contributed by atoms with van der Waals surface area (Å²) in [4.78, 5) is 11.6. The first-order valence-electron chi connectivity index (χ1n) is 6.05. The standard InChI is InChI=1S/C14H20O3/c1-3-4-5-13(15)10-17-14(16)12-8-6-11(2)7-9-12/h6-9,13,15H,3-5,10H2,1-2H3. The van der Waals surface area contributed by atoms with Crippen molar-refractivity contribution in [1.29, 1.82) is 0 Å². The van der Waals surface area contributed by atoms with E-state index in [2.05, 4.69) is 6.92 Å². The molecule has 3 heteroatoms. The molecule has 1 rings (SSSR count). The Bertz CT molecular complexity index is 343. The molecule has 0 saturated carbocycles. The fraction of sp³-hybridized carbons (Fsp3) is 0.500. The monoisotopic (exact) mass is 236 g/mol. The van der Waals surface area contributed by atoms with E-state index in [1.807, 2.05) is 19.1 Å². The molecular weight excluding hydrogens is 216 g/mol. The molecule has 0 spiro atoms. The summed E-state index contributed by atoms with van der Waals surface area (Å²) in [5.41, 5.74) is 1.63. The van der Waals surface area contributed by atoms with Crippen molar-refractivity contribution in [3.63, 3.8) is 0 Å². The lowest BCUT2D eigenvalue weighted by Crippen LogP contribution is -2.18. The molecular formula is C14H20O3. The Morgan fingerprint density at radius 2 is 2.00 bits per heavy atom. The third-order valence-corrected chi connectivity index (χ3v) is 2.58. The fourth-order valence-corrected chi connectivity index (χ4v) is 1.47. The number of ether oxygens (including phenoxy) is 1. The molecule has 3 nitrogen and oxygen atoms in total. The number of esters is 1. The van der Waals surface area contributed by atoms with Crippen molar-refractivity contribution in [2.24, 2.45) is 0 Å². The van der Waals surface area contributed by atoms with Crippen LogP contribution < -0.4 is 0 Å². The summed E-state index contributed by atoms with van der Waals surface area (Å²) < 4.78 is 5.04. The van der Waals surface area contributed by atoms with Crippen LogP contribution in [0.3, 0.4) is 0 Å². The molecule has 0 heterocycles. The van der Waals surface area contributed by atoms with Crippen LogP contribution in [-0.2, 0) is 4.74 Å². The van der Waals surface area contributed by atoms with Crippen molar-refractivity contribution < 1.29 is 14.6 Å². The molecule has 0 bridgehead atoms. The third kappa shape index (κ3) is 5.00. The van der Waals surface area contributed by atoms with Crippen LogP contribution in [0.2, 0.25) is 0 Å². The maximum Gasteiger partial charge on any atom is 0.338 e. The Hall–Kier alpha value is -1.35. The molecule has 0 aliphatic rings. The van der Waals surface area contributed by atoms with E-state index in [0.29, 0.717) is 12.0 Å². The van der Waals surface area contributed by atoms with Crippen molar-refractivity contribution in [1.82, 2.24) is 0 Å². The molecule has 0 radical (unpaired) electrons. The van der Waals surface area contributed by atoms with Crippen LogP contribution in [0.5, 0.6) is 0 Å². The molecule has 0 aliphatic heterocycles. The van der Waals surface area contributed by atoms with Gasteiger partial charge in [-0.1, -0.05) is 37.5 Å². The van der Waals surface area contributed by atoms with E-state index in [-0.39, 0.29) is 12.6 Å². The van der Waals surface area contributed by atoms with Crippen molar-refractivity contribution in [3.8, 4) is 0 Å². The number of hydrogen-bond acceptors (Lipinski definition) is 3. The van der Waals surface area contributed by atoms with Gasteiger partial charge in [0.15, 0.2) is 0 Å². The molecule has 1 unspecified atom stereocenters. The molecule has 0 amide bonds. The zero-order chi connectivity index (χ0) is 12.7. The van der Waals surface area contributed by atoms with Gasteiger partial charge in [-0.2, -0.15) is 0 Å². The van der Waals surface area contributed by atoms with E-state index < -0.39 is 6.10 Å². The van der Waals surface area contributed by atoms with Crippen LogP contribution in [-0.4, -0.2) is 23.8 Å². The summed E-state index contributed by atoms with van der Waals surface area (Å²) in [5.74, 6) is -0.374. The minimum Gasteiger partial charge on any atom is -0.459 e. The number of benzene rings is 1. The van der Waals surface area contributed by atoms with Crippen LogP contribution in [0.25, 0.3) is 0 Å². The predicted octanol–water partition coefficient (Wildman–Crippen LogP) is 2.70. The molecule has 0 fully saturated rings. The number of hydrogen-bond donors (Lipinski definition) is 1. The van der Waals surface area contributed by atoms with Crippen molar-refractivity contribution in [2.45, 2.75) is 39.2 Å². The smallest absolute Gasteiger partial charge is 0.338 e. The zero-order valence-electron chi connectivity index (χ0n) is 10.5. The molecule has 0 aliphatic carbocycles. The average Bonchev–Trinajstić information content (AvgIpc) is 2.34. The Labute approximate surface area is 102 Å². The maximum atomic E-state index is 11.6. The highest BCUT2D eigenvalue weighted by molar-refractivity contribution is 5.89. The van der Waals surface area contributed by atoms with E-state index in [1.54, 1.807) is 12.1 Å². The number of aliphatic hydroxyl groups excluding tert-OH is 1. The van der Waals surface area contributed by atoms with Gasteiger partial charge in [0.25, 0.3) is 0 Å². The zero-order valence-corrected chi connectivity index (χ0v) is 10.5. The highest BCUT2D eigenvalue weighted by Crippen LogP contribution is 2.06. The van der Waals surface area contributed by atoms with Gasteiger partial charge in [0.05, 0.1) is 11.7 Å². The van der Waals surface area contributed by atoms with Gasteiger partial charge in [0.1, 0.15) is 6.61 Å². The van der Waals surface area contributed by atoms with E-state index in [1.165, 1.54) is 0 Å². The maximum absolute atomic E-state index is 11.6. The SMILES string of the molecule is CCCCC(O)COC(=O)c1ccc(C)cc1. The van der Waals surface area contributed by atoms with Gasteiger partial charge in [-0.3, -0.25) is 0 Å². The number of carbonyl (C=O) groups is 1. The topological polar surface area (TPSA) is 46.5 Å². The summed E-state index contributed by atoms with van der Waals surface area (Å²) in [6.45, 7) is 4.10. The van der Waals surface area contributed by atoms with Gasteiger partial charge in [-0.15, -0.1) is 0 Å². The second-order valence-electron chi connectivity index (χ2n) is 4.26. The van der Waals surface area contributed by atoms with Gasteiger partial charge in [0.2, 0.25) is 0 Å². The summed E-state index contributed by atoms with van der Waals surface area (Å²) in [6, 6.07) is 7.19. The van der Waals surface area contributed by atoms with E-state index in [4.69, 9.17) is 4.74 Å². The summed E-state index contributed by atoms with van der Waals surface area (Å²) in [6.07, 6.45) is 2.11. The molecule has 1 aromatic carbocycles. The Kier molecular flexibility index (Phi) is 5.70. The Morgan fingerprint density at radius 3 is 2.59 bits per heavy atom. The molecule has 1 N–H and O–H groups in total. The lowest BCUT2D eigenvalue weighted by Gasteiger charge is -2.10. The Morgan fingerprint density at radius 1 is 1.35 bits per heavy atom. The minimum absolute atomic E-state index is 0.0761. The minimum atomic E-state index is -0.552. The van der Waals surface area contributed by atoms with Gasteiger partial charge in [-0.25, -0.2) is 4.79 Å². The first-order valence-corrected chi connectivity index (χ1v) is 6.05. The van der Waals surface area contributed by atoms with Crippen LogP contribution in [0.4, 0.5) is 0 Å². The van der Waals surface area contributed by atoms with E-state index in [0.717, 1.165) is 18.4 Å². The molecule has 0 saturated heterocycles. The molecule has 1 atom stereocenters. The highest BCUT2D eigenvalue weighted by atomic mass is 16.5. The average molecular weight is 236 g/mol. The van der Waals surface area contributed by atoms with Crippen LogP contribution in [0.1, 0.15) is 42.1 Å². The van der Waals surface area contributed by atoms with Gasteiger partial charge >= 0.3 is 5.97 Å². The third-order valence-electron chi connectivity index (χ3n) is 2.58. The molecule has 17 heavy (non-hydrogen) atoms. The molecule has 1 aromatic rings. The normalized spacial score (nSPS) is 12.2. The number of aryl methyl sites for hydroxylation is 1. The highest BCUT2D eigenvalue weighted by Gasteiger charge is 2.10. The van der Waals surface area contributed by atoms with Crippen molar-refractivity contribution in [2.75, 3.05) is 6.61 Å². The van der Waals surface area contributed by atoms with Crippen molar-refractivity contribution >= 4 is 5.97 Å². The second-order valence-corrected chi connectivity index (χ2v) is 4.26. The van der Waals surface area contributed by atoms with Crippen molar-refractivity contribution in [3.05, 3.63) is 35.4 Å². The number of rotatable bonds is 6. The van der Waals surface area contributed by atoms with Crippen LogP contribution in [0, 0.1) is 6.92 Å². The molecule has 94 valence electrons. The summed E-state index contributed by atoms with van der Waals surface area (Å²) in [5, 5.41) is 9.54. The lowest BCUT2D eigenvalue weighted by atomic mass is 10.1. The largest absolute Gasteiger partial charge is 0.459 e. The summed E-state index contributed by atoms with van der Waals surface area (Å²) >= 11 is 0. The number of aliphatic hydroxyl groups is 1. The number of unbranched alkanes of at least 4 members (excludes halogenated alkanes) is 1. The van der Waals surface area contributed by atoms with Gasteiger partial charge in [-0.05, 0) is 25.5 Å². The fourth-order valence-electron chi connectivity index (χ4n) is 1.47.